The van der Waals surface area contributed by atoms with Crippen molar-refractivity contribution in [3.8, 4) is 22.3 Å². The Kier molecular flexibility index (Phi) is 14.3. The molecule has 9 rings (SSSR count). The Morgan fingerprint density at radius 3 is 1.52 bits per heavy atom. The Labute approximate surface area is 375 Å². The fraction of sp³-hybridized carbons (Fsp3) is 0.100. The SMILES string of the molecule is C=C/C=C\C(=C/CC)c1ccc(N(c2ccccc2)c2ccc(-c3ccc4c(c3)C(c3ccccc3C)(c3ccccc3C)c3ccccc3-4)cc2)cc1.Cc1ccccc1.NN. The van der Waals surface area contributed by atoms with Gasteiger partial charge in [0.25, 0.3) is 0 Å². The molecule has 8 aromatic carbocycles. The largest absolute Gasteiger partial charge is 0.311 e. The van der Waals surface area contributed by atoms with Crippen LogP contribution in [0.2, 0.25) is 0 Å². The summed E-state index contributed by atoms with van der Waals surface area (Å²) in [5, 5.41) is 0. The van der Waals surface area contributed by atoms with Crippen molar-refractivity contribution >= 4 is 22.6 Å². The lowest BCUT2D eigenvalue weighted by Crippen LogP contribution is -2.30. The summed E-state index contributed by atoms with van der Waals surface area (Å²) >= 11 is 0. The van der Waals surface area contributed by atoms with Gasteiger partial charge in [0, 0.05) is 17.1 Å². The standard InChI is InChI=1S/C53H45N.C7H8.H4N2/c1-5-7-20-40(17-6-2)41-27-32-45(33-28-41)54(44-21-9-8-10-22-44)46-34-29-42(30-35-46)43-31-36-48-47-23-13-16-26-51(47)53(52(48)37-43,49-24-14-11-18-38(49)3)50-25-15-12-19-39(50)4;1-7-5-3-2-4-6-7;1-2/h5,7-37H,1,6H2,2-4H3;2-6H,1H3;1-2H2/b20-7-,40-17+;;. The number of anilines is 3. The van der Waals surface area contributed by atoms with E-state index in [0.29, 0.717) is 0 Å². The second kappa shape index (κ2) is 20.5. The van der Waals surface area contributed by atoms with Crippen molar-refractivity contribution in [2.24, 2.45) is 11.7 Å². The highest BCUT2D eigenvalue weighted by Gasteiger charge is 2.47. The molecule has 0 unspecified atom stereocenters. The molecule has 1 aliphatic carbocycles. The van der Waals surface area contributed by atoms with E-state index in [2.05, 4.69) is 245 Å². The average molecular weight is 820 g/mol. The molecular formula is C60H57N3. The summed E-state index contributed by atoms with van der Waals surface area (Å²) < 4.78 is 0. The molecule has 0 spiro atoms. The normalized spacial score (nSPS) is 12.3. The lowest BCUT2D eigenvalue weighted by atomic mass is 9.65. The number of nitrogens with two attached hydrogens (primary N) is 2. The molecule has 0 saturated heterocycles. The van der Waals surface area contributed by atoms with Gasteiger partial charge in [-0.3, -0.25) is 11.7 Å². The minimum absolute atomic E-state index is 0.442. The van der Waals surface area contributed by atoms with E-state index < -0.39 is 5.41 Å². The summed E-state index contributed by atoms with van der Waals surface area (Å²) in [6, 6.07) is 72.8. The van der Waals surface area contributed by atoms with Gasteiger partial charge in [-0.05, 0) is 136 Å². The zero-order valence-corrected chi connectivity index (χ0v) is 36.9. The van der Waals surface area contributed by atoms with Crippen LogP contribution < -0.4 is 16.6 Å². The van der Waals surface area contributed by atoms with Crippen molar-refractivity contribution in [2.75, 3.05) is 4.90 Å². The highest BCUT2D eigenvalue weighted by atomic mass is 15.1. The molecule has 8 aromatic rings. The summed E-state index contributed by atoms with van der Waals surface area (Å²) in [6.07, 6.45) is 9.18. The van der Waals surface area contributed by atoms with E-state index >= 15 is 0 Å². The van der Waals surface area contributed by atoms with Crippen LogP contribution in [0.25, 0.3) is 27.8 Å². The summed E-state index contributed by atoms with van der Waals surface area (Å²) in [6.45, 7) is 12.6. The van der Waals surface area contributed by atoms with Crippen LogP contribution >= 0.6 is 0 Å². The second-order valence-corrected chi connectivity index (χ2v) is 15.8. The Bertz CT molecular complexity index is 2770. The van der Waals surface area contributed by atoms with Gasteiger partial charge in [0.15, 0.2) is 0 Å². The number of nitrogens with zero attached hydrogens (tertiary/aromatic N) is 1. The molecule has 0 radical (unpaired) electrons. The smallest absolute Gasteiger partial charge is 0.0718 e. The third kappa shape index (κ3) is 9.03. The van der Waals surface area contributed by atoms with Crippen LogP contribution in [0, 0.1) is 20.8 Å². The Balaban J connectivity index is 0.000000597. The average Bonchev–Trinajstić information content (AvgIpc) is 3.62. The van der Waals surface area contributed by atoms with Crippen LogP contribution in [0.3, 0.4) is 0 Å². The van der Waals surface area contributed by atoms with Gasteiger partial charge in [-0.2, -0.15) is 0 Å². The predicted octanol–water partition coefficient (Wildman–Crippen LogP) is 15.2. The van der Waals surface area contributed by atoms with Crippen molar-refractivity contribution in [1.29, 1.82) is 0 Å². The molecule has 4 N–H and O–H groups in total. The molecule has 0 fully saturated rings. The van der Waals surface area contributed by atoms with Crippen molar-refractivity contribution in [3.63, 3.8) is 0 Å². The third-order valence-corrected chi connectivity index (χ3v) is 11.9. The molecular weight excluding hydrogens is 763 g/mol. The Hall–Kier alpha value is -7.30. The number of fused-ring (bicyclic) bond motifs is 3. The molecule has 0 saturated carbocycles. The van der Waals surface area contributed by atoms with Gasteiger partial charge in [0.05, 0.1) is 5.41 Å². The number of hydrogen-bond acceptors (Lipinski definition) is 3. The fourth-order valence-electron chi connectivity index (χ4n) is 9.01. The first-order valence-electron chi connectivity index (χ1n) is 21.7. The van der Waals surface area contributed by atoms with Crippen LogP contribution in [0.15, 0.2) is 231 Å². The first kappa shape index (κ1) is 43.8. The molecule has 0 heterocycles. The predicted molar refractivity (Wildman–Crippen MR) is 270 cm³/mol. The molecule has 0 aromatic heterocycles. The Morgan fingerprint density at radius 1 is 0.508 bits per heavy atom. The lowest BCUT2D eigenvalue weighted by Gasteiger charge is -2.36. The molecule has 3 nitrogen and oxygen atoms in total. The number of hydrogen-bond donors (Lipinski definition) is 2. The van der Waals surface area contributed by atoms with E-state index in [9.17, 15) is 0 Å². The van der Waals surface area contributed by atoms with Crippen LogP contribution in [-0.4, -0.2) is 0 Å². The molecule has 0 amide bonds. The van der Waals surface area contributed by atoms with E-state index in [4.69, 9.17) is 0 Å². The quantitative estimate of drug-likeness (QED) is 0.0821. The van der Waals surface area contributed by atoms with Gasteiger partial charge in [-0.1, -0.05) is 201 Å². The lowest BCUT2D eigenvalue weighted by molar-refractivity contribution is 0.754. The number of allylic oxidation sites excluding steroid dienone is 5. The first-order valence-corrected chi connectivity index (χ1v) is 21.7. The zero-order chi connectivity index (χ0) is 44.2. The molecule has 1 aliphatic rings. The second-order valence-electron chi connectivity index (χ2n) is 15.8. The number of hydrazine groups is 1. The highest BCUT2D eigenvalue weighted by molar-refractivity contribution is 5.89. The summed E-state index contributed by atoms with van der Waals surface area (Å²) in [7, 11) is 0. The summed E-state index contributed by atoms with van der Waals surface area (Å²) in [5.74, 6) is 8.00. The third-order valence-electron chi connectivity index (χ3n) is 11.9. The van der Waals surface area contributed by atoms with Crippen LogP contribution in [-0.2, 0) is 5.41 Å². The van der Waals surface area contributed by atoms with Crippen molar-refractivity contribution in [1.82, 2.24) is 0 Å². The minimum atomic E-state index is -0.442. The van der Waals surface area contributed by atoms with Gasteiger partial charge in [-0.25, -0.2) is 0 Å². The highest BCUT2D eigenvalue weighted by Crippen LogP contribution is 2.58. The maximum atomic E-state index is 4.00. The number of benzene rings is 8. The van der Waals surface area contributed by atoms with Gasteiger partial charge < -0.3 is 4.90 Å². The van der Waals surface area contributed by atoms with Gasteiger partial charge in [0.2, 0.25) is 0 Å². The molecule has 63 heavy (non-hydrogen) atoms. The van der Waals surface area contributed by atoms with Crippen molar-refractivity contribution in [3.05, 3.63) is 276 Å². The first-order chi connectivity index (χ1) is 30.9. The van der Waals surface area contributed by atoms with Crippen LogP contribution in [0.4, 0.5) is 17.1 Å². The fourth-order valence-corrected chi connectivity index (χ4v) is 9.01. The van der Waals surface area contributed by atoms with Crippen molar-refractivity contribution < 1.29 is 0 Å². The molecule has 0 aliphatic heterocycles. The summed E-state index contributed by atoms with van der Waals surface area (Å²) in [5.41, 5.74) is 19.5. The number of para-hydroxylation sites is 1. The van der Waals surface area contributed by atoms with Gasteiger partial charge >= 0.3 is 0 Å². The topological polar surface area (TPSA) is 55.3 Å². The number of aryl methyl sites for hydroxylation is 3. The molecule has 0 atom stereocenters. The molecule has 3 heteroatoms. The van der Waals surface area contributed by atoms with E-state index in [1.807, 2.05) is 30.4 Å². The van der Waals surface area contributed by atoms with Crippen LogP contribution in [0.5, 0.6) is 0 Å². The van der Waals surface area contributed by atoms with Crippen LogP contribution in [0.1, 0.15) is 57.9 Å². The number of rotatable bonds is 10. The van der Waals surface area contributed by atoms with Gasteiger partial charge in [0.1, 0.15) is 0 Å². The molecule has 0 bridgehead atoms. The van der Waals surface area contributed by atoms with Gasteiger partial charge in [-0.15, -0.1) is 0 Å². The van der Waals surface area contributed by atoms with E-state index in [1.54, 1.807) is 0 Å². The molecule has 312 valence electrons. The zero-order valence-electron chi connectivity index (χ0n) is 36.9. The Morgan fingerprint density at radius 2 is 0.984 bits per heavy atom. The van der Waals surface area contributed by atoms with E-state index in [1.165, 1.54) is 72.3 Å². The van der Waals surface area contributed by atoms with Crippen molar-refractivity contribution in [2.45, 2.75) is 39.5 Å². The van der Waals surface area contributed by atoms with E-state index in [0.717, 1.165) is 23.5 Å². The maximum Gasteiger partial charge on any atom is 0.0718 e. The summed E-state index contributed by atoms with van der Waals surface area (Å²) in [4.78, 5) is 2.33. The monoisotopic (exact) mass is 819 g/mol. The maximum absolute atomic E-state index is 4.00. The van der Waals surface area contributed by atoms with E-state index in [-0.39, 0.29) is 0 Å². The minimum Gasteiger partial charge on any atom is -0.311 e.